The van der Waals surface area contributed by atoms with E-state index in [9.17, 15) is 0 Å². The lowest BCUT2D eigenvalue weighted by Crippen LogP contribution is -2.11. The molecule has 1 aliphatic rings. The number of fused-ring (bicyclic) bond motifs is 2. The lowest BCUT2D eigenvalue weighted by atomic mass is 10.2. The van der Waals surface area contributed by atoms with Gasteiger partial charge in [-0.15, -0.1) is 10.5 Å². The zero-order chi connectivity index (χ0) is 15.1. The number of benzene rings is 2. The van der Waals surface area contributed by atoms with Crippen molar-refractivity contribution < 1.29 is 0 Å². The molecule has 0 radical (unpaired) electrons. The normalized spacial score (nSPS) is 13.1. The van der Waals surface area contributed by atoms with Crippen molar-refractivity contribution >= 4 is 39.1 Å². The third-order valence-corrected chi connectivity index (χ3v) is 5.50. The van der Waals surface area contributed by atoms with Gasteiger partial charge in [0.25, 0.3) is 0 Å². The fraction of sp³-hybridized carbons (Fsp3) is 0.235. The van der Waals surface area contributed by atoms with E-state index in [2.05, 4.69) is 85.6 Å². The maximum atomic E-state index is 4.43. The average Bonchev–Trinajstić information content (AvgIpc) is 2.46. The molecule has 0 fully saturated rings. The molecule has 0 unspecified atom stereocenters. The van der Waals surface area contributed by atoms with Crippen LogP contribution in [0.15, 0.2) is 46.2 Å². The van der Waals surface area contributed by atoms with Gasteiger partial charge in [-0.05, 0) is 36.4 Å². The molecule has 21 heavy (non-hydrogen) atoms. The molecule has 0 bridgehead atoms. The minimum Gasteiger partial charge on any atom is -0.378 e. The van der Waals surface area contributed by atoms with Crippen molar-refractivity contribution in [3.8, 4) is 0 Å². The lowest BCUT2D eigenvalue weighted by Gasteiger charge is -2.27. The molecule has 2 aromatic rings. The van der Waals surface area contributed by atoms with E-state index in [-0.39, 0.29) is 10.5 Å². The van der Waals surface area contributed by atoms with E-state index >= 15 is 0 Å². The quantitative estimate of drug-likeness (QED) is 0.722. The summed E-state index contributed by atoms with van der Waals surface area (Å²) >= 11 is 0. The van der Waals surface area contributed by atoms with Gasteiger partial charge < -0.3 is 15.1 Å². The molecular formula is C17H21N3S. The number of hydrogen-bond acceptors (Lipinski definition) is 3. The van der Waals surface area contributed by atoms with Crippen LogP contribution in [0.5, 0.6) is 0 Å². The Morgan fingerprint density at radius 2 is 1.24 bits per heavy atom. The molecule has 2 aromatic carbocycles. The molecule has 0 saturated heterocycles. The van der Waals surface area contributed by atoms with Gasteiger partial charge in [0.1, 0.15) is 0 Å². The second-order valence-corrected chi connectivity index (χ2v) is 7.33. The van der Waals surface area contributed by atoms with Crippen molar-refractivity contribution in [2.24, 2.45) is 0 Å². The van der Waals surface area contributed by atoms with Gasteiger partial charge in [0.2, 0.25) is 0 Å². The predicted molar refractivity (Wildman–Crippen MR) is 96.1 cm³/mol. The Balaban J connectivity index is 2.10. The monoisotopic (exact) mass is 299 g/mol. The molecule has 0 amide bonds. The SMILES string of the molecule is C=S1c2cc(N(C)C)ccc2Nc2ccc(N(C)C)cc21. The molecule has 0 aliphatic carbocycles. The van der Waals surface area contributed by atoms with Crippen molar-refractivity contribution in [1.82, 2.24) is 0 Å². The Morgan fingerprint density at radius 3 is 1.62 bits per heavy atom. The van der Waals surface area contributed by atoms with Crippen LogP contribution in [0.4, 0.5) is 22.7 Å². The highest BCUT2D eigenvalue weighted by molar-refractivity contribution is 8.14. The molecule has 3 rings (SSSR count). The van der Waals surface area contributed by atoms with Crippen molar-refractivity contribution in [1.29, 1.82) is 0 Å². The zero-order valence-corrected chi connectivity index (χ0v) is 13.8. The van der Waals surface area contributed by atoms with Crippen LogP contribution in [0, 0.1) is 0 Å². The fourth-order valence-corrected chi connectivity index (χ4v) is 3.99. The topological polar surface area (TPSA) is 18.5 Å². The van der Waals surface area contributed by atoms with Crippen molar-refractivity contribution in [2.45, 2.75) is 9.79 Å². The zero-order valence-electron chi connectivity index (χ0n) is 13.0. The Bertz CT molecular complexity index is 660. The standard InChI is InChI=1S/C17H21N3S/c1-19(2)12-6-8-14-16(10-12)21(5)17-11-13(20(3)4)7-9-15(17)18-14/h6-11,18H,5H2,1-4H3. The van der Waals surface area contributed by atoms with E-state index in [0.717, 1.165) is 0 Å². The number of rotatable bonds is 2. The van der Waals surface area contributed by atoms with E-state index in [1.54, 1.807) is 0 Å². The van der Waals surface area contributed by atoms with E-state index in [1.807, 2.05) is 0 Å². The predicted octanol–water partition coefficient (Wildman–Crippen LogP) is 3.99. The number of anilines is 4. The van der Waals surface area contributed by atoms with E-state index < -0.39 is 0 Å². The van der Waals surface area contributed by atoms with Crippen molar-refractivity contribution in [3.05, 3.63) is 36.4 Å². The van der Waals surface area contributed by atoms with Crippen LogP contribution in [0.3, 0.4) is 0 Å². The molecule has 110 valence electrons. The van der Waals surface area contributed by atoms with Crippen LogP contribution in [-0.4, -0.2) is 34.1 Å². The highest BCUT2D eigenvalue weighted by Gasteiger charge is 2.19. The molecule has 1 heterocycles. The van der Waals surface area contributed by atoms with Gasteiger partial charge in [0.05, 0.1) is 11.4 Å². The smallest absolute Gasteiger partial charge is 0.0522 e. The molecule has 0 aromatic heterocycles. The summed E-state index contributed by atoms with van der Waals surface area (Å²) in [5.74, 6) is 4.43. The van der Waals surface area contributed by atoms with Gasteiger partial charge in [-0.1, -0.05) is 5.87 Å². The minimum atomic E-state index is -0.160. The van der Waals surface area contributed by atoms with E-state index in [1.165, 1.54) is 32.5 Å². The maximum absolute atomic E-state index is 4.43. The summed E-state index contributed by atoms with van der Waals surface area (Å²) in [5, 5.41) is 3.53. The molecule has 1 N–H and O–H groups in total. The summed E-state index contributed by atoms with van der Waals surface area (Å²) < 4.78 is 0. The third kappa shape index (κ3) is 2.40. The van der Waals surface area contributed by atoms with Crippen LogP contribution >= 0.6 is 10.5 Å². The van der Waals surface area contributed by atoms with Crippen molar-refractivity contribution in [2.75, 3.05) is 43.3 Å². The van der Waals surface area contributed by atoms with Gasteiger partial charge >= 0.3 is 0 Å². The first-order valence-electron chi connectivity index (χ1n) is 6.91. The molecule has 3 nitrogen and oxygen atoms in total. The van der Waals surface area contributed by atoms with Gasteiger partial charge in [-0.3, -0.25) is 0 Å². The largest absolute Gasteiger partial charge is 0.378 e. The summed E-state index contributed by atoms with van der Waals surface area (Å²) in [5.41, 5.74) is 4.76. The summed E-state index contributed by atoms with van der Waals surface area (Å²) in [7, 11) is 8.11. The minimum absolute atomic E-state index is 0.160. The first-order valence-corrected chi connectivity index (χ1v) is 8.30. The maximum Gasteiger partial charge on any atom is 0.0522 e. The molecule has 1 aliphatic heterocycles. The van der Waals surface area contributed by atoms with Gasteiger partial charge in [0.15, 0.2) is 0 Å². The first-order chi connectivity index (χ1) is 9.97. The highest BCUT2D eigenvalue weighted by Crippen LogP contribution is 2.49. The van der Waals surface area contributed by atoms with Gasteiger partial charge in [-0.25, -0.2) is 0 Å². The highest BCUT2D eigenvalue weighted by atomic mass is 32.2. The van der Waals surface area contributed by atoms with Gasteiger partial charge in [0, 0.05) is 49.4 Å². The molecule has 0 spiro atoms. The molecule has 4 heteroatoms. The Hall–Kier alpha value is -1.94. The average molecular weight is 299 g/mol. The third-order valence-electron chi connectivity index (χ3n) is 3.76. The second-order valence-electron chi connectivity index (χ2n) is 5.67. The summed E-state index contributed by atoms with van der Waals surface area (Å²) in [6.07, 6.45) is 0. The van der Waals surface area contributed by atoms with Crippen LogP contribution in [0.25, 0.3) is 0 Å². The Kier molecular flexibility index (Phi) is 3.41. The molecule has 0 saturated carbocycles. The second kappa shape index (κ2) is 5.11. The Labute approximate surface area is 129 Å². The number of nitrogens with one attached hydrogen (secondary N) is 1. The summed E-state index contributed by atoms with van der Waals surface area (Å²) in [6.45, 7) is 0. The lowest BCUT2D eigenvalue weighted by molar-refractivity contribution is 1.11. The van der Waals surface area contributed by atoms with Crippen LogP contribution in [0.1, 0.15) is 0 Å². The summed E-state index contributed by atoms with van der Waals surface area (Å²) in [6, 6.07) is 13.1. The Morgan fingerprint density at radius 1 is 0.810 bits per heavy atom. The molecular weight excluding hydrogens is 278 g/mol. The summed E-state index contributed by atoms with van der Waals surface area (Å²) in [4.78, 5) is 6.82. The number of nitrogens with zero attached hydrogens (tertiary/aromatic N) is 2. The van der Waals surface area contributed by atoms with Crippen LogP contribution in [-0.2, 0) is 0 Å². The van der Waals surface area contributed by atoms with E-state index in [0.29, 0.717) is 0 Å². The van der Waals surface area contributed by atoms with Crippen molar-refractivity contribution in [3.63, 3.8) is 0 Å². The van der Waals surface area contributed by atoms with Crippen LogP contribution in [0.2, 0.25) is 0 Å². The fourth-order valence-electron chi connectivity index (χ4n) is 2.46. The van der Waals surface area contributed by atoms with E-state index in [4.69, 9.17) is 0 Å². The molecule has 0 atom stereocenters. The number of hydrogen-bond donors (Lipinski definition) is 1. The van der Waals surface area contributed by atoms with Crippen LogP contribution < -0.4 is 15.1 Å². The first kappa shape index (κ1) is 14.0. The van der Waals surface area contributed by atoms with Gasteiger partial charge in [-0.2, -0.15) is 0 Å².